The third-order valence-corrected chi connectivity index (χ3v) is 4.67. The van der Waals surface area contributed by atoms with Crippen LogP contribution < -0.4 is 5.32 Å². The maximum Gasteiger partial charge on any atom is 0.311 e. The van der Waals surface area contributed by atoms with Crippen molar-refractivity contribution in [2.24, 2.45) is 5.41 Å². The number of aromatic nitrogens is 1. The Morgan fingerprint density at radius 2 is 1.96 bits per heavy atom. The van der Waals surface area contributed by atoms with Crippen molar-refractivity contribution in [1.82, 2.24) is 10.5 Å². The van der Waals surface area contributed by atoms with Crippen molar-refractivity contribution < 1.29 is 19.2 Å². The summed E-state index contributed by atoms with van der Waals surface area (Å²) >= 11 is 0. The van der Waals surface area contributed by atoms with Crippen molar-refractivity contribution in [3.8, 4) is 0 Å². The van der Waals surface area contributed by atoms with Gasteiger partial charge < -0.3 is 14.9 Å². The van der Waals surface area contributed by atoms with Crippen LogP contribution in [-0.4, -0.2) is 28.7 Å². The van der Waals surface area contributed by atoms with Crippen LogP contribution in [0.1, 0.15) is 37.8 Å². The summed E-state index contributed by atoms with van der Waals surface area (Å²) in [4.78, 5) is 23.8. The Morgan fingerprint density at radius 3 is 2.70 bits per heavy atom. The summed E-state index contributed by atoms with van der Waals surface area (Å²) in [7, 11) is 0. The highest BCUT2D eigenvalue weighted by atomic mass is 16.5. The van der Waals surface area contributed by atoms with Gasteiger partial charge in [-0.05, 0) is 25.0 Å². The van der Waals surface area contributed by atoms with Gasteiger partial charge in [-0.3, -0.25) is 9.59 Å². The lowest BCUT2D eigenvalue weighted by Crippen LogP contribution is -2.44. The summed E-state index contributed by atoms with van der Waals surface area (Å²) in [5.74, 6) is -1.04. The Morgan fingerprint density at radius 1 is 1.22 bits per heavy atom. The van der Waals surface area contributed by atoms with Gasteiger partial charge in [0.25, 0.3) is 0 Å². The molecule has 3 rings (SSSR count). The summed E-state index contributed by atoms with van der Waals surface area (Å²) < 4.78 is 5.18. The maximum absolute atomic E-state index is 12.2. The highest BCUT2D eigenvalue weighted by Crippen LogP contribution is 2.36. The fraction of sp³-hybridized carbons (Fsp3) is 0.471. The molecule has 6 heteroatoms. The number of carbonyl (C=O) groups excluding carboxylic acids is 1. The highest BCUT2D eigenvalue weighted by molar-refractivity contribution is 5.86. The standard InChI is InChI=1S/C17H20N2O4/c20-15(10-13-12-6-2-3-7-14(12)23-19-13)18-11-17(16(21)22)8-4-1-5-9-17/h2-3,6-7H,1,4-5,8-11H2,(H,18,20)(H,21,22). The summed E-state index contributed by atoms with van der Waals surface area (Å²) in [6.07, 6.45) is 4.19. The second-order valence-corrected chi connectivity index (χ2v) is 6.23. The van der Waals surface area contributed by atoms with Crippen LogP contribution in [0.25, 0.3) is 11.0 Å². The molecule has 1 aromatic carbocycles. The van der Waals surface area contributed by atoms with Gasteiger partial charge in [0.05, 0.1) is 11.8 Å². The number of rotatable bonds is 5. The number of carboxylic acid groups (broad SMARTS) is 1. The number of hydrogen-bond acceptors (Lipinski definition) is 4. The molecular formula is C17H20N2O4. The van der Waals surface area contributed by atoms with E-state index in [1.807, 2.05) is 18.2 Å². The van der Waals surface area contributed by atoms with Crippen molar-refractivity contribution in [2.75, 3.05) is 6.54 Å². The van der Waals surface area contributed by atoms with Crippen LogP contribution in [-0.2, 0) is 16.0 Å². The number of carbonyl (C=O) groups is 2. The maximum atomic E-state index is 12.2. The number of nitrogens with zero attached hydrogens (tertiary/aromatic N) is 1. The van der Waals surface area contributed by atoms with Crippen LogP contribution in [0.2, 0.25) is 0 Å². The summed E-state index contributed by atoms with van der Waals surface area (Å²) in [5, 5.41) is 17.0. The number of hydrogen-bond donors (Lipinski definition) is 2. The van der Waals surface area contributed by atoms with E-state index in [9.17, 15) is 14.7 Å². The first-order valence-corrected chi connectivity index (χ1v) is 7.94. The van der Waals surface area contributed by atoms with Crippen molar-refractivity contribution in [3.05, 3.63) is 30.0 Å². The number of benzene rings is 1. The molecule has 0 spiro atoms. The molecule has 6 nitrogen and oxygen atoms in total. The molecule has 0 aliphatic heterocycles. The van der Waals surface area contributed by atoms with Crippen LogP contribution in [0.5, 0.6) is 0 Å². The zero-order chi connectivity index (χ0) is 16.3. The smallest absolute Gasteiger partial charge is 0.311 e. The molecule has 1 fully saturated rings. The van der Waals surface area contributed by atoms with Crippen molar-refractivity contribution in [1.29, 1.82) is 0 Å². The van der Waals surface area contributed by atoms with Crippen LogP contribution in [0.15, 0.2) is 28.8 Å². The van der Waals surface area contributed by atoms with E-state index in [0.29, 0.717) is 24.1 Å². The van der Waals surface area contributed by atoms with E-state index >= 15 is 0 Å². The van der Waals surface area contributed by atoms with Gasteiger partial charge in [-0.1, -0.05) is 36.6 Å². The van der Waals surface area contributed by atoms with E-state index in [1.54, 1.807) is 6.07 Å². The van der Waals surface area contributed by atoms with Crippen LogP contribution in [0.3, 0.4) is 0 Å². The Hall–Kier alpha value is -2.37. The third kappa shape index (κ3) is 3.21. The van der Waals surface area contributed by atoms with Crippen molar-refractivity contribution in [3.63, 3.8) is 0 Å². The highest BCUT2D eigenvalue weighted by Gasteiger charge is 2.39. The second-order valence-electron chi connectivity index (χ2n) is 6.23. The van der Waals surface area contributed by atoms with E-state index in [4.69, 9.17) is 4.52 Å². The average molecular weight is 316 g/mol. The van der Waals surface area contributed by atoms with Gasteiger partial charge in [0.15, 0.2) is 5.58 Å². The molecule has 1 heterocycles. The largest absolute Gasteiger partial charge is 0.481 e. The van der Waals surface area contributed by atoms with Gasteiger partial charge in [0.2, 0.25) is 5.91 Å². The average Bonchev–Trinajstić information content (AvgIpc) is 2.97. The molecule has 1 aliphatic carbocycles. The van der Waals surface area contributed by atoms with E-state index in [-0.39, 0.29) is 18.9 Å². The van der Waals surface area contributed by atoms with Gasteiger partial charge in [0.1, 0.15) is 5.69 Å². The molecule has 122 valence electrons. The number of aliphatic carboxylic acids is 1. The second kappa shape index (κ2) is 6.40. The minimum absolute atomic E-state index is 0.0900. The number of amides is 1. The van der Waals surface area contributed by atoms with Gasteiger partial charge in [-0.25, -0.2) is 0 Å². The third-order valence-electron chi connectivity index (χ3n) is 4.67. The fourth-order valence-corrected chi connectivity index (χ4v) is 3.24. The molecule has 0 unspecified atom stereocenters. The molecule has 2 N–H and O–H groups in total. The molecule has 0 saturated heterocycles. The first-order chi connectivity index (χ1) is 11.1. The van der Waals surface area contributed by atoms with E-state index in [1.165, 1.54) is 0 Å². The number of fused-ring (bicyclic) bond motifs is 1. The molecule has 2 aromatic rings. The Labute approximate surface area is 133 Å². The lowest BCUT2D eigenvalue weighted by Gasteiger charge is -2.33. The Bertz CT molecular complexity index is 716. The first-order valence-electron chi connectivity index (χ1n) is 7.94. The SMILES string of the molecule is O=C(Cc1noc2ccccc12)NCC1(C(=O)O)CCCCC1. The molecule has 0 bridgehead atoms. The van der Waals surface area contributed by atoms with Gasteiger partial charge in [-0.15, -0.1) is 0 Å². The molecule has 1 aromatic heterocycles. The number of nitrogens with one attached hydrogen (secondary N) is 1. The molecule has 0 radical (unpaired) electrons. The molecular weight excluding hydrogens is 296 g/mol. The minimum Gasteiger partial charge on any atom is -0.481 e. The molecule has 0 atom stereocenters. The number of carboxylic acids is 1. The van der Waals surface area contributed by atoms with Gasteiger partial charge >= 0.3 is 5.97 Å². The van der Waals surface area contributed by atoms with Crippen LogP contribution in [0, 0.1) is 5.41 Å². The summed E-state index contributed by atoms with van der Waals surface area (Å²) in [6.45, 7) is 0.178. The zero-order valence-corrected chi connectivity index (χ0v) is 12.9. The zero-order valence-electron chi connectivity index (χ0n) is 12.9. The summed E-state index contributed by atoms with van der Waals surface area (Å²) in [5.41, 5.74) is 0.399. The lowest BCUT2D eigenvalue weighted by molar-refractivity contribution is -0.151. The molecule has 1 amide bonds. The Kier molecular flexibility index (Phi) is 4.32. The van der Waals surface area contributed by atoms with E-state index in [0.717, 1.165) is 24.6 Å². The predicted molar refractivity (Wildman–Crippen MR) is 83.9 cm³/mol. The first kappa shape index (κ1) is 15.5. The van der Waals surface area contributed by atoms with Crippen molar-refractivity contribution in [2.45, 2.75) is 38.5 Å². The van der Waals surface area contributed by atoms with Crippen molar-refractivity contribution >= 4 is 22.8 Å². The quantitative estimate of drug-likeness (QED) is 0.884. The van der Waals surface area contributed by atoms with E-state index < -0.39 is 11.4 Å². The van der Waals surface area contributed by atoms with Crippen LogP contribution >= 0.6 is 0 Å². The monoisotopic (exact) mass is 316 g/mol. The molecule has 1 saturated carbocycles. The van der Waals surface area contributed by atoms with Gasteiger partial charge in [-0.2, -0.15) is 0 Å². The summed E-state index contributed by atoms with van der Waals surface area (Å²) in [6, 6.07) is 7.36. The lowest BCUT2D eigenvalue weighted by atomic mass is 9.74. The number of para-hydroxylation sites is 1. The molecule has 1 aliphatic rings. The van der Waals surface area contributed by atoms with E-state index in [2.05, 4.69) is 10.5 Å². The fourth-order valence-electron chi connectivity index (χ4n) is 3.24. The van der Waals surface area contributed by atoms with Crippen LogP contribution in [0.4, 0.5) is 0 Å². The van der Waals surface area contributed by atoms with Gasteiger partial charge in [0, 0.05) is 11.9 Å². The topological polar surface area (TPSA) is 92.4 Å². The Balaban J connectivity index is 1.64. The normalized spacial score (nSPS) is 17.0. The predicted octanol–water partition coefficient (Wildman–Crippen LogP) is 2.52. The molecule has 23 heavy (non-hydrogen) atoms. The minimum atomic E-state index is -0.820.